The van der Waals surface area contributed by atoms with Crippen LogP contribution in [0.5, 0.6) is 0 Å². The Morgan fingerprint density at radius 3 is 2.84 bits per heavy atom. The second-order valence-electron chi connectivity index (χ2n) is 3.95. The molecule has 2 rings (SSSR count). The molecule has 2 aromatic rings. The minimum absolute atomic E-state index is 0.186. The Balaban J connectivity index is 2.57. The zero-order valence-corrected chi connectivity index (χ0v) is 10.8. The standard InChI is InChI=1S/C12H15N5O2/c1-17-11(18)5-9(8-3-4-14-7-15-8)16-12(17)10(6-13)19-2/h3-5,7,10H,6,13H2,1-2H3. The maximum Gasteiger partial charge on any atom is 0.253 e. The van der Waals surface area contributed by atoms with Gasteiger partial charge in [-0.05, 0) is 6.07 Å². The molecule has 0 aliphatic rings. The molecular formula is C12H15N5O2. The predicted octanol–water partition coefficient (Wildman–Crippen LogP) is -0.116. The van der Waals surface area contributed by atoms with Crippen molar-refractivity contribution >= 4 is 0 Å². The van der Waals surface area contributed by atoms with Gasteiger partial charge in [0.25, 0.3) is 5.56 Å². The summed E-state index contributed by atoms with van der Waals surface area (Å²) in [5.41, 5.74) is 6.50. The zero-order valence-electron chi connectivity index (χ0n) is 10.8. The first kappa shape index (κ1) is 13.3. The van der Waals surface area contributed by atoms with Crippen molar-refractivity contribution in [3.63, 3.8) is 0 Å². The van der Waals surface area contributed by atoms with Crippen molar-refractivity contribution in [2.75, 3.05) is 13.7 Å². The Morgan fingerprint density at radius 1 is 1.47 bits per heavy atom. The van der Waals surface area contributed by atoms with Crippen molar-refractivity contribution in [2.24, 2.45) is 12.8 Å². The SMILES string of the molecule is COC(CN)c1nc(-c2ccncn2)cc(=O)n1C. The number of nitrogens with zero attached hydrogens (tertiary/aromatic N) is 4. The van der Waals surface area contributed by atoms with Crippen LogP contribution in [0.25, 0.3) is 11.4 Å². The number of hydrogen-bond donors (Lipinski definition) is 1. The average Bonchev–Trinajstić information content (AvgIpc) is 2.45. The third kappa shape index (κ3) is 2.67. The number of nitrogens with two attached hydrogens (primary N) is 1. The van der Waals surface area contributed by atoms with Gasteiger partial charge in [0.05, 0.1) is 11.4 Å². The van der Waals surface area contributed by atoms with Crippen LogP contribution in [0.4, 0.5) is 0 Å². The highest BCUT2D eigenvalue weighted by Crippen LogP contribution is 2.16. The lowest BCUT2D eigenvalue weighted by Gasteiger charge is -2.16. The fourth-order valence-electron chi connectivity index (χ4n) is 1.73. The van der Waals surface area contributed by atoms with Crippen LogP contribution in [0, 0.1) is 0 Å². The molecule has 0 fully saturated rings. The Morgan fingerprint density at radius 2 is 2.26 bits per heavy atom. The minimum atomic E-state index is -0.431. The van der Waals surface area contributed by atoms with E-state index < -0.39 is 6.10 Å². The molecule has 0 radical (unpaired) electrons. The molecule has 0 saturated heterocycles. The maximum absolute atomic E-state index is 12.0. The van der Waals surface area contributed by atoms with Crippen LogP contribution in [0.15, 0.2) is 29.5 Å². The van der Waals surface area contributed by atoms with Gasteiger partial charge in [0.1, 0.15) is 18.3 Å². The molecule has 0 spiro atoms. The molecule has 7 heteroatoms. The lowest BCUT2D eigenvalue weighted by atomic mass is 10.2. The summed E-state index contributed by atoms with van der Waals surface area (Å²) in [7, 11) is 3.16. The molecular weight excluding hydrogens is 246 g/mol. The van der Waals surface area contributed by atoms with Gasteiger partial charge in [-0.1, -0.05) is 0 Å². The highest BCUT2D eigenvalue weighted by molar-refractivity contribution is 5.52. The van der Waals surface area contributed by atoms with E-state index in [0.717, 1.165) is 0 Å². The highest BCUT2D eigenvalue weighted by Gasteiger charge is 2.16. The number of hydrogen-bond acceptors (Lipinski definition) is 6. The Hall–Kier alpha value is -2.12. The largest absolute Gasteiger partial charge is 0.372 e. The minimum Gasteiger partial charge on any atom is -0.372 e. The monoisotopic (exact) mass is 261 g/mol. The van der Waals surface area contributed by atoms with E-state index in [1.165, 1.54) is 24.1 Å². The zero-order chi connectivity index (χ0) is 13.8. The van der Waals surface area contributed by atoms with Crippen LogP contribution < -0.4 is 11.3 Å². The number of ether oxygens (including phenoxy) is 1. The maximum atomic E-state index is 12.0. The van der Waals surface area contributed by atoms with Gasteiger partial charge >= 0.3 is 0 Å². The van der Waals surface area contributed by atoms with Gasteiger partial charge in [0.2, 0.25) is 0 Å². The molecule has 0 aromatic carbocycles. The van der Waals surface area contributed by atoms with E-state index in [9.17, 15) is 4.79 Å². The first-order chi connectivity index (χ1) is 9.17. The average molecular weight is 261 g/mol. The number of methoxy groups -OCH3 is 1. The van der Waals surface area contributed by atoms with E-state index in [0.29, 0.717) is 17.2 Å². The summed E-state index contributed by atoms with van der Waals surface area (Å²) in [6.45, 7) is 0.240. The fourth-order valence-corrected chi connectivity index (χ4v) is 1.73. The Labute approximate surface area is 110 Å². The van der Waals surface area contributed by atoms with Gasteiger partial charge in [-0.2, -0.15) is 0 Å². The summed E-state index contributed by atoms with van der Waals surface area (Å²) < 4.78 is 6.65. The predicted molar refractivity (Wildman–Crippen MR) is 69.3 cm³/mol. The first-order valence-electron chi connectivity index (χ1n) is 5.74. The molecule has 0 aliphatic carbocycles. The van der Waals surface area contributed by atoms with Crippen molar-refractivity contribution in [3.8, 4) is 11.4 Å². The molecule has 1 atom stereocenters. The van der Waals surface area contributed by atoms with Crippen molar-refractivity contribution in [3.05, 3.63) is 40.8 Å². The highest BCUT2D eigenvalue weighted by atomic mass is 16.5. The molecule has 100 valence electrons. The van der Waals surface area contributed by atoms with E-state index in [4.69, 9.17) is 10.5 Å². The van der Waals surface area contributed by atoms with Gasteiger partial charge < -0.3 is 10.5 Å². The Bertz CT molecular complexity index is 607. The van der Waals surface area contributed by atoms with Crippen LogP contribution >= 0.6 is 0 Å². The molecule has 0 aliphatic heterocycles. The summed E-state index contributed by atoms with van der Waals surface area (Å²) in [6, 6.07) is 3.12. The molecule has 2 N–H and O–H groups in total. The third-order valence-corrected chi connectivity index (χ3v) is 2.80. The molecule has 2 heterocycles. The summed E-state index contributed by atoms with van der Waals surface area (Å²) in [4.78, 5) is 24.3. The van der Waals surface area contributed by atoms with Gasteiger partial charge in [-0.25, -0.2) is 15.0 Å². The summed E-state index contributed by atoms with van der Waals surface area (Å²) in [6.07, 6.45) is 2.57. The van der Waals surface area contributed by atoms with E-state index >= 15 is 0 Å². The number of rotatable bonds is 4. The van der Waals surface area contributed by atoms with Gasteiger partial charge in [0, 0.05) is 33.0 Å². The van der Waals surface area contributed by atoms with Gasteiger partial charge in [-0.3, -0.25) is 9.36 Å². The molecule has 7 nitrogen and oxygen atoms in total. The second-order valence-corrected chi connectivity index (χ2v) is 3.95. The van der Waals surface area contributed by atoms with Crippen molar-refractivity contribution in [1.29, 1.82) is 0 Å². The topological polar surface area (TPSA) is 95.9 Å². The molecule has 2 aromatic heterocycles. The smallest absolute Gasteiger partial charge is 0.253 e. The summed E-state index contributed by atoms with van der Waals surface area (Å²) >= 11 is 0. The summed E-state index contributed by atoms with van der Waals surface area (Å²) in [5.74, 6) is 0.478. The molecule has 19 heavy (non-hydrogen) atoms. The van der Waals surface area contributed by atoms with Crippen LogP contribution in [-0.2, 0) is 11.8 Å². The van der Waals surface area contributed by atoms with E-state index in [-0.39, 0.29) is 12.1 Å². The molecule has 0 saturated carbocycles. The van der Waals surface area contributed by atoms with E-state index in [2.05, 4.69) is 15.0 Å². The fraction of sp³-hybridized carbons (Fsp3) is 0.333. The van der Waals surface area contributed by atoms with Crippen LogP contribution in [0.1, 0.15) is 11.9 Å². The van der Waals surface area contributed by atoms with Crippen molar-refractivity contribution in [2.45, 2.75) is 6.10 Å². The summed E-state index contributed by atoms with van der Waals surface area (Å²) in [5, 5.41) is 0. The van der Waals surface area contributed by atoms with Gasteiger partial charge in [0.15, 0.2) is 0 Å². The van der Waals surface area contributed by atoms with E-state index in [1.54, 1.807) is 19.3 Å². The third-order valence-electron chi connectivity index (χ3n) is 2.80. The quantitative estimate of drug-likeness (QED) is 0.824. The van der Waals surface area contributed by atoms with Crippen LogP contribution in [0.2, 0.25) is 0 Å². The normalized spacial score (nSPS) is 12.4. The van der Waals surface area contributed by atoms with Crippen molar-refractivity contribution < 1.29 is 4.74 Å². The van der Waals surface area contributed by atoms with Crippen molar-refractivity contribution in [1.82, 2.24) is 19.5 Å². The lowest BCUT2D eigenvalue weighted by molar-refractivity contribution is 0.0992. The van der Waals surface area contributed by atoms with Crippen LogP contribution in [-0.4, -0.2) is 33.2 Å². The molecule has 1 unspecified atom stereocenters. The Kier molecular flexibility index (Phi) is 3.98. The molecule has 0 bridgehead atoms. The number of aromatic nitrogens is 4. The molecule has 0 amide bonds. The van der Waals surface area contributed by atoms with E-state index in [1.807, 2.05) is 0 Å². The second kappa shape index (κ2) is 5.68. The lowest BCUT2D eigenvalue weighted by Crippen LogP contribution is -2.27. The van der Waals surface area contributed by atoms with Gasteiger partial charge in [-0.15, -0.1) is 0 Å². The van der Waals surface area contributed by atoms with Crippen LogP contribution in [0.3, 0.4) is 0 Å². The first-order valence-corrected chi connectivity index (χ1v) is 5.74.